The Balaban J connectivity index is 1.61. The molecule has 0 radical (unpaired) electrons. The summed E-state index contributed by atoms with van der Waals surface area (Å²) in [5, 5.41) is 24.3. The summed E-state index contributed by atoms with van der Waals surface area (Å²) in [6.07, 6.45) is 1.74. The molecule has 5 heteroatoms. The van der Waals surface area contributed by atoms with Crippen LogP contribution in [-0.4, -0.2) is 45.3 Å². The lowest BCUT2D eigenvalue weighted by atomic mass is 9.48. The molecule has 152 valence electrons. The van der Waals surface area contributed by atoms with Gasteiger partial charge in [-0.25, -0.2) is 4.98 Å². The lowest BCUT2D eigenvalue weighted by Crippen LogP contribution is -2.74. The van der Waals surface area contributed by atoms with Gasteiger partial charge in [-0.2, -0.15) is 0 Å². The van der Waals surface area contributed by atoms with Gasteiger partial charge >= 0.3 is 0 Å². The van der Waals surface area contributed by atoms with Gasteiger partial charge in [-0.05, 0) is 62.2 Å². The fourth-order valence-electron chi connectivity index (χ4n) is 7.07. The summed E-state index contributed by atoms with van der Waals surface area (Å²) >= 11 is 0. The Morgan fingerprint density at radius 3 is 2.90 bits per heavy atom. The zero-order valence-electron chi connectivity index (χ0n) is 17.1. The van der Waals surface area contributed by atoms with Crippen LogP contribution in [-0.2, 0) is 18.3 Å². The van der Waals surface area contributed by atoms with Crippen molar-refractivity contribution >= 4 is 10.9 Å². The first-order valence-corrected chi connectivity index (χ1v) is 10.8. The average Bonchev–Trinajstić information content (AvgIpc) is 3.09. The van der Waals surface area contributed by atoms with Gasteiger partial charge in [0, 0.05) is 23.4 Å². The smallest absolute Gasteiger partial charge is 0.166 e. The van der Waals surface area contributed by atoms with Crippen molar-refractivity contribution in [1.29, 1.82) is 0 Å². The van der Waals surface area contributed by atoms with Crippen molar-refractivity contribution in [2.24, 2.45) is 0 Å². The number of likely N-dealkylation sites (N-methyl/N-ethyl adjacent to an activating group) is 1. The molecule has 0 unspecified atom stereocenters. The van der Waals surface area contributed by atoms with Crippen molar-refractivity contribution in [2.75, 3.05) is 13.6 Å². The summed E-state index contributed by atoms with van der Waals surface area (Å²) in [6.45, 7) is 3.03. The maximum atomic E-state index is 12.5. The van der Waals surface area contributed by atoms with Crippen molar-refractivity contribution in [2.45, 2.75) is 49.3 Å². The zero-order valence-corrected chi connectivity index (χ0v) is 17.1. The lowest BCUT2D eigenvalue weighted by Gasteiger charge is -2.62. The molecule has 30 heavy (non-hydrogen) atoms. The fourth-order valence-corrected chi connectivity index (χ4v) is 7.07. The molecule has 1 saturated heterocycles. The molecular weight excluding hydrogens is 376 g/mol. The minimum atomic E-state index is -0.960. The van der Waals surface area contributed by atoms with Gasteiger partial charge in [0.25, 0.3) is 0 Å². The van der Waals surface area contributed by atoms with E-state index >= 15 is 0 Å². The molecule has 1 aromatic heterocycles. The molecule has 7 rings (SSSR count). The Hall–Kier alpha value is -2.63. The molecule has 4 aliphatic rings. The molecule has 2 aromatic carbocycles. The third-order valence-corrected chi connectivity index (χ3v) is 8.49. The largest absolute Gasteiger partial charge is 0.504 e. The van der Waals surface area contributed by atoms with Crippen molar-refractivity contribution in [3.8, 4) is 11.5 Å². The highest BCUT2D eigenvalue weighted by atomic mass is 16.5. The highest BCUT2D eigenvalue weighted by Crippen LogP contribution is 2.68. The minimum Gasteiger partial charge on any atom is -0.504 e. The number of piperidine rings is 1. The van der Waals surface area contributed by atoms with Crippen LogP contribution in [0.25, 0.3) is 10.9 Å². The molecule has 4 atom stereocenters. The van der Waals surface area contributed by atoms with E-state index in [1.165, 1.54) is 11.1 Å². The Labute approximate surface area is 174 Å². The molecule has 0 amide bonds. The number of pyridine rings is 1. The number of nitrogens with zero attached hydrogens (tertiary/aromatic N) is 2. The molecule has 2 aliphatic heterocycles. The molecule has 5 nitrogen and oxygen atoms in total. The number of likely N-dealkylation sites (tertiary alicyclic amines) is 1. The first-order chi connectivity index (χ1) is 14.5. The molecule has 3 aromatic rings. The van der Waals surface area contributed by atoms with E-state index in [-0.39, 0.29) is 17.9 Å². The number of ether oxygens (including phenoxy) is 1. The first kappa shape index (κ1) is 17.1. The van der Waals surface area contributed by atoms with Crippen LogP contribution >= 0.6 is 0 Å². The van der Waals surface area contributed by atoms with Crippen LogP contribution in [0.4, 0.5) is 0 Å². The molecule has 0 saturated carbocycles. The summed E-state index contributed by atoms with van der Waals surface area (Å²) in [6, 6.07) is 12.0. The minimum absolute atomic E-state index is 0.0133. The van der Waals surface area contributed by atoms with Gasteiger partial charge in [0.15, 0.2) is 17.6 Å². The number of aromatic hydroxyl groups is 1. The zero-order chi connectivity index (χ0) is 20.4. The quantitative estimate of drug-likeness (QED) is 0.607. The number of aryl methyl sites for hydroxylation is 1. The van der Waals surface area contributed by atoms with Crippen LogP contribution in [0.1, 0.15) is 40.5 Å². The Morgan fingerprint density at radius 1 is 1.20 bits per heavy atom. The average molecular weight is 400 g/mol. The van der Waals surface area contributed by atoms with Crippen LogP contribution in [0.3, 0.4) is 0 Å². The highest BCUT2D eigenvalue weighted by Gasteiger charge is 2.72. The number of rotatable bonds is 0. The Kier molecular flexibility index (Phi) is 2.94. The predicted molar refractivity (Wildman–Crippen MR) is 113 cm³/mol. The van der Waals surface area contributed by atoms with E-state index in [0.29, 0.717) is 12.2 Å². The van der Waals surface area contributed by atoms with Gasteiger partial charge in [-0.15, -0.1) is 0 Å². The maximum absolute atomic E-state index is 12.5. The number of phenols is 1. The van der Waals surface area contributed by atoms with Gasteiger partial charge in [0.1, 0.15) is 0 Å². The monoisotopic (exact) mass is 400 g/mol. The predicted octanol–water partition coefficient (Wildman–Crippen LogP) is 3.17. The van der Waals surface area contributed by atoms with E-state index in [1.807, 2.05) is 24.3 Å². The van der Waals surface area contributed by atoms with E-state index in [4.69, 9.17) is 9.72 Å². The number of aromatic nitrogens is 1. The van der Waals surface area contributed by atoms with E-state index in [9.17, 15) is 10.2 Å². The number of aliphatic hydroxyl groups is 1. The molecule has 1 fully saturated rings. The molecule has 2 bridgehead atoms. The fraction of sp³-hybridized carbons (Fsp3) is 0.400. The number of phenolic OH excluding ortho intramolecular Hbond substituents is 1. The topological polar surface area (TPSA) is 65.8 Å². The summed E-state index contributed by atoms with van der Waals surface area (Å²) < 4.78 is 6.55. The van der Waals surface area contributed by atoms with Gasteiger partial charge in [-0.1, -0.05) is 24.3 Å². The van der Waals surface area contributed by atoms with E-state index < -0.39 is 11.0 Å². The number of para-hydroxylation sites is 1. The van der Waals surface area contributed by atoms with Crippen LogP contribution in [0.15, 0.2) is 36.4 Å². The highest BCUT2D eigenvalue weighted by molar-refractivity contribution is 5.84. The first-order valence-electron chi connectivity index (χ1n) is 10.8. The standard InChI is InChI=1S/C25H24N2O3/c1-13-15-5-3-4-6-17(15)26-21-16(13)12-25(29)19-11-14-7-8-18(28)22-20(14)24(25,23(21)30-22)9-10-27(19)2/h3-8,19,23,28-29H,9-12H2,1-2H3/t19-,23+,24+,25-/m1/s1. The van der Waals surface area contributed by atoms with Crippen LogP contribution < -0.4 is 4.74 Å². The summed E-state index contributed by atoms with van der Waals surface area (Å²) in [7, 11) is 2.12. The molecular formula is C25H24N2O3. The molecule has 2 N–H and O–H groups in total. The second-order valence-electron chi connectivity index (χ2n) is 9.59. The number of benzene rings is 2. The Bertz CT molecular complexity index is 1270. The van der Waals surface area contributed by atoms with E-state index in [0.717, 1.165) is 47.1 Å². The van der Waals surface area contributed by atoms with Crippen molar-refractivity contribution in [1.82, 2.24) is 9.88 Å². The Morgan fingerprint density at radius 2 is 2.03 bits per heavy atom. The van der Waals surface area contributed by atoms with E-state index in [1.54, 1.807) is 6.07 Å². The van der Waals surface area contributed by atoms with Gasteiger partial charge < -0.3 is 19.8 Å². The number of fused-ring (bicyclic) bond motifs is 3. The van der Waals surface area contributed by atoms with Gasteiger partial charge in [0.2, 0.25) is 0 Å². The van der Waals surface area contributed by atoms with Crippen molar-refractivity contribution < 1.29 is 14.9 Å². The second-order valence-corrected chi connectivity index (χ2v) is 9.59. The third-order valence-electron chi connectivity index (χ3n) is 8.49. The molecule has 3 heterocycles. The SMILES string of the molecule is Cc1c2c(nc3ccccc13)[C@@H]1Oc3c(O)ccc4c3[C@@]13CCN(C)[C@H](C4)[C@]3(O)C2. The third kappa shape index (κ3) is 1.66. The summed E-state index contributed by atoms with van der Waals surface area (Å²) in [5.41, 5.74) is 4.86. The van der Waals surface area contributed by atoms with E-state index in [2.05, 4.69) is 24.9 Å². The summed E-state index contributed by atoms with van der Waals surface area (Å²) in [5.74, 6) is 0.718. The number of hydrogen-bond acceptors (Lipinski definition) is 5. The maximum Gasteiger partial charge on any atom is 0.166 e. The van der Waals surface area contributed by atoms with Gasteiger partial charge in [-0.3, -0.25) is 0 Å². The van der Waals surface area contributed by atoms with Crippen LogP contribution in [0, 0.1) is 6.92 Å². The van der Waals surface area contributed by atoms with Gasteiger partial charge in [0.05, 0.1) is 22.2 Å². The van der Waals surface area contributed by atoms with Crippen molar-refractivity contribution in [3.63, 3.8) is 0 Å². The molecule has 1 spiro atoms. The number of hydrogen-bond donors (Lipinski definition) is 2. The summed E-state index contributed by atoms with van der Waals surface area (Å²) in [4.78, 5) is 7.39. The van der Waals surface area contributed by atoms with Crippen molar-refractivity contribution in [3.05, 3.63) is 64.3 Å². The van der Waals surface area contributed by atoms with Crippen LogP contribution in [0.2, 0.25) is 0 Å². The second kappa shape index (κ2) is 5.16. The molecule has 2 aliphatic carbocycles. The normalized spacial score (nSPS) is 33.2. The van der Waals surface area contributed by atoms with Crippen LogP contribution in [0.5, 0.6) is 11.5 Å². The lowest BCUT2D eigenvalue weighted by molar-refractivity contribution is -0.168.